The Morgan fingerprint density at radius 1 is 1.05 bits per heavy atom. The van der Waals surface area contributed by atoms with E-state index in [-0.39, 0.29) is 11.6 Å². The average molecular weight is 284 g/mol. The zero-order chi connectivity index (χ0) is 15.0. The molecule has 0 spiro atoms. The molecular formula is C16H13FN2O2. The molecule has 5 heteroatoms. The lowest BCUT2D eigenvalue weighted by molar-refractivity contribution is 0.432. The summed E-state index contributed by atoms with van der Waals surface area (Å²) in [5.74, 6) is 0.687. The molecule has 0 bridgehead atoms. The van der Waals surface area contributed by atoms with Crippen molar-refractivity contribution in [3.8, 4) is 28.6 Å². The minimum Gasteiger partial charge on any atom is -0.508 e. The fraction of sp³-hybridized carbons (Fsp3) is 0.125. The van der Waals surface area contributed by atoms with Crippen molar-refractivity contribution in [2.45, 2.75) is 13.8 Å². The summed E-state index contributed by atoms with van der Waals surface area (Å²) < 4.78 is 18.4. The van der Waals surface area contributed by atoms with Gasteiger partial charge in [0.1, 0.15) is 11.6 Å². The van der Waals surface area contributed by atoms with Crippen LogP contribution in [0.1, 0.15) is 11.1 Å². The second kappa shape index (κ2) is 5.01. The molecule has 1 aromatic heterocycles. The molecule has 2 aromatic carbocycles. The molecule has 0 fully saturated rings. The van der Waals surface area contributed by atoms with E-state index in [4.69, 9.17) is 4.52 Å². The van der Waals surface area contributed by atoms with Crippen molar-refractivity contribution in [2.75, 3.05) is 0 Å². The molecule has 0 aliphatic rings. The number of hydrogen-bond donors (Lipinski definition) is 1. The Hall–Kier alpha value is -2.69. The minimum atomic E-state index is -0.297. The molecule has 1 heterocycles. The van der Waals surface area contributed by atoms with Gasteiger partial charge in [-0.2, -0.15) is 4.98 Å². The lowest BCUT2D eigenvalue weighted by Gasteiger charge is -2.00. The average Bonchev–Trinajstić information content (AvgIpc) is 2.91. The number of phenolic OH excluding ortho intramolecular Hbond substituents is 1. The maximum atomic E-state index is 13.1. The van der Waals surface area contributed by atoms with E-state index in [0.717, 1.165) is 22.3 Å². The first-order valence-electron chi connectivity index (χ1n) is 6.45. The molecule has 0 aliphatic heterocycles. The number of nitrogens with zero attached hydrogens (tertiary/aromatic N) is 2. The van der Waals surface area contributed by atoms with Crippen molar-refractivity contribution in [1.29, 1.82) is 0 Å². The highest BCUT2D eigenvalue weighted by atomic mass is 19.1. The second-order valence-electron chi connectivity index (χ2n) is 4.88. The number of benzene rings is 2. The van der Waals surface area contributed by atoms with Crippen molar-refractivity contribution in [1.82, 2.24) is 10.1 Å². The van der Waals surface area contributed by atoms with Crippen molar-refractivity contribution in [3.63, 3.8) is 0 Å². The second-order valence-corrected chi connectivity index (χ2v) is 4.88. The van der Waals surface area contributed by atoms with Gasteiger partial charge in [0.25, 0.3) is 5.89 Å². The van der Waals surface area contributed by atoms with Gasteiger partial charge in [-0.15, -0.1) is 0 Å². The van der Waals surface area contributed by atoms with E-state index in [9.17, 15) is 9.50 Å². The van der Waals surface area contributed by atoms with Crippen LogP contribution in [0.25, 0.3) is 22.8 Å². The van der Waals surface area contributed by atoms with Crippen LogP contribution in [0.15, 0.2) is 40.9 Å². The Bertz CT molecular complexity index is 812. The predicted octanol–water partition coefficient (Wildman–Crippen LogP) is 3.87. The molecule has 0 unspecified atom stereocenters. The van der Waals surface area contributed by atoms with E-state index in [0.29, 0.717) is 11.7 Å². The maximum absolute atomic E-state index is 13.1. The molecule has 21 heavy (non-hydrogen) atoms. The molecule has 0 saturated carbocycles. The molecule has 4 nitrogen and oxygen atoms in total. The van der Waals surface area contributed by atoms with Crippen molar-refractivity contribution in [3.05, 3.63) is 53.3 Å². The van der Waals surface area contributed by atoms with Crippen LogP contribution in [0, 0.1) is 19.7 Å². The summed E-state index contributed by atoms with van der Waals surface area (Å²) >= 11 is 0. The van der Waals surface area contributed by atoms with Crippen molar-refractivity contribution in [2.24, 2.45) is 0 Å². The first-order valence-corrected chi connectivity index (χ1v) is 6.45. The lowest BCUT2D eigenvalue weighted by Crippen LogP contribution is -1.87. The van der Waals surface area contributed by atoms with Gasteiger partial charge >= 0.3 is 0 Å². The van der Waals surface area contributed by atoms with Crippen molar-refractivity contribution < 1.29 is 14.0 Å². The summed E-state index contributed by atoms with van der Waals surface area (Å²) in [4.78, 5) is 4.33. The molecular weight excluding hydrogens is 271 g/mol. The zero-order valence-electron chi connectivity index (χ0n) is 11.6. The summed E-state index contributed by atoms with van der Waals surface area (Å²) in [5.41, 5.74) is 2.92. The van der Waals surface area contributed by atoms with Gasteiger partial charge in [0, 0.05) is 11.1 Å². The van der Waals surface area contributed by atoms with Crippen LogP contribution >= 0.6 is 0 Å². The summed E-state index contributed by atoms with van der Waals surface area (Å²) in [6.07, 6.45) is 0. The van der Waals surface area contributed by atoms with Crippen LogP contribution in [0.4, 0.5) is 4.39 Å². The molecule has 0 aliphatic carbocycles. The van der Waals surface area contributed by atoms with Crippen LogP contribution in [-0.2, 0) is 0 Å². The van der Waals surface area contributed by atoms with E-state index in [1.54, 1.807) is 38.1 Å². The highest BCUT2D eigenvalue weighted by Crippen LogP contribution is 2.27. The third-order valence-corrected chi connectivity index (χ3v) is 3.30. The molecule has 0 amide bonds. The van der Waals surface area contributed by atoms with Crippen LogP contribution in [0.3, 0.4) is 0 Å². The molecule has 1 N–H and O–H groups in total. The Balaban J connectivity index is 2.01. The molecule has 106 valence electrons. The van der Waals surface area contributed by atoms with Gasteiger partial charge in [0.05, 0.1) is 0 Å². The van der Waals surface area contributed by atoms with Gasteiger partial charge in [0.15, 0.2) is 0 Å². The lowest BCUT2D eigenvalue weighted by atomic mass is 10.1. The fourth-order valence-electron chi connectivity index (χ4n) is 2.12. The van der Waals surface area contributed by atoms with Gasteiger partial charge in [-0.3, -0.25) is 0 Å². The summed E-state index contributed by atoms with van der Waals surface area (Å²) in [6.45, 7) is 3.58. The number of phenols is 1. The zero-order valence-corrected chi connectivity index (χ0v) is 11.6. The number of rotatable bonds is 2. The highest BCUT2D eigenvalue weighted by molar-refractivity contribution is 5.63. The number of halogens is 1. The predicted molar refractivity (Wildman–Crippen MR) is 76.3 cm³/mol. The van der Waals surface area contributed by atoms with E-state index in [1.165, 1.54) is 12.1 Å². The maximum Gasteiger partial charge on any atom is 0.258 e. The number of hydrogen-bond acceptors (Lipinski definition) is 4. The normalized spacial score (nSPS) is 10.8. The van der Waals surface area contributed by atoms with Crippen LogP contribution in [0.2, 0.25) is 0 Å². The third-order valence-electron chi connectivity index (χ3n) is 3.30. The summed E-state index contributed by atoms with van der Waals surface area (Å²) in [5, 5.41) is 13.5. The number of aryl methyl sites for hydroxylation is 2. The Labute approximate surface area is 120 Å². The quantitative estimate of drug-likeness (QED) is 0.776. The highest BCUT2D eigenvalue weighted by Gasteiger charge is 2.13. The van der Waals surface area contributed by atoms with E-state index in [2.05, 4.69) is 10.1 Å². The molecule has 3 rings (SSSR count). The monoisotopic (exact) mass is 284 g/mol. The Morgan fingerprint density at radius 3 is 2.57 bits per heavy atom. The van der Waals surface area contributed by atoms with Gasteiger partial charge in [-0.25, -0.2) is 4.39 Å². The Kier molecular flexibility index (Phi) is 3.17. The van der Waals surface area contributed by atoms with Gasteiger partial charge in [-0.1, -0.05) is 5.16 Å². The van der Waals surface area contributed by atoms with Crippen LogP contribution < -0.4 is 0 Å². The van der Waals surface area contributed by atoms with Gasteiger partial charge in [-0.05, 0) is 61.4 Å². The standard InChI is InChI=1S/C16H13FN2O2/c1-9-8-12(17)4-5-13(9)15-18-16(21-19-15)11-3-6-14(20)10(2)7-11/h3-8,20H,1-2H3. The number of aromatic hydroxyl groups is 1. The largest absolute Gasteiger partial charge is 0.508 e. The van der Waals surface area contributed by atoms with Crippen LogP contribution in [-0.4, -0.2) is 15.2 Å². The Morgan fingerprint density at radius 2 is 1.86 bits per heavy atom. The van der Waals surface area contributed by atoms with E-state index < -0.39 is 0 Å². The fourth-order valence-corrected chi connectivity index (χ4v) is 2.12. The van der Waals surface area contributed by atoms with Crippen molar-refractivity contribution >= 4 is 0 Å². The topological polar surface area (TPSA) is 59.2 Å². The summed E-state index contributed by atoms with van der Waals surface area (Å²) in [7, 11) is 0. The first kappa shape index (κ1) is 13.3. The van der Waals surface area contributed by atoms with Gasteiger partial charge in [0.2, 0.25) is 5.82 Å². The van der Waals surface area contributed by atoms with Crippen LogP contribution in [0.5, 0.6) is 5.75 Å². The number of aromatic nitrogens is 2. The smallest absolute Gasteiger partial charge is 0.258 e. The SMILES string of the molecule is Cc1cc(-c2nc(-c3ccc(F)cc3C)no2)ccc1O. The van der Waals surface area contributed by atoms with E-state index >= 15 is 0 Å². The molecule has 0 atom stereocenters. The summed E-state index contributed by atoms with van der Waals surface area (Å²) in [6, 6.07) is 9.47. The van der Waals surface area contributed by atoms with E-state index in [1.807, 2.05) is 0 Å². The first-order chi connectivity index (χ1) is 10.0. The molecule has 0 saturated heterocycles. The van der Waals surface area contributed by atoms with Gasteiger partial charge < -0.3 is 9.63 Å². The molecule has 3 aromatic rings. The molecule has 0 radical (unpaired) electrons. The minimum absolute atomic E-state index is 0.216. The third kappa shape index (κ3) is 2.50.